The molecule has 0 heterocycles. The van der Waals surface area contributed by atoms with E-state index in [9.17, 15) is 18.0 Å². The van der Waals surface area contributed by atoms with Crippen molar-refractivity contribution in [1.29, 1.82) is 0 Å². The number of carboxylic acids is 1. The number of hydrogen-bond donors (Lipinski definition) is 3. The van der Waals surface area contributed by atoms with E-state index < -0.39 is 28.6 Å². The van der Waals surface area contributed by atoms with Crippen molar-refractivity contribution in [3.8, 4) is 5.75 Å². The highest BCUT2D eigenvalue weighted by atomic mass is 32.2. The van der Waals surface area contributed by atoms with Gasteiger partial charge in [-0.25, -0.2) is 13.2 Å². The molecule has 0 unspecified atom stereocenters. The predicted octanol–water partition coefficient (Wildman–Crippen LogP) is 1.66. The second kappa shape index (κ2) is 7.57. The first kappa shape index (κ1) is 17.4. The Labute approximate surface area is 138 Å². The van der Waals surface area contributed by atoms with Gasteiger partial charge in [-0.1, -0.05) is 18.2 Å². The summed E-state index contributed by atoms with van der Waals surface area (Å²) in [5.41, 5.74) is 0.327. The van der Waals surface area contributed by atoms with Crippen LogP contribution in [0.25, 0.3) is 0 Å². The van der Waals surface area contributed by atoms with E-state index in [1.165, 1.54) is 24.3 Å². The summed E-state index contributed by atoms with van der Waals surface area (Å²) in [7, 11) is -3.92. The summed E-state index contributed by atoms with van der Waals surface area (Å²) in [6.45, 7) is -0.717. The first-order valence-corrected chi connectivity index (χ1v) is 8.20. The van der Waals surface area contributed by atoms with Crippen LogP contribution in [0, 0.1) is 0 Å². The smallest absolute Gasteiger partial charge is 0.417 e. The molecule has 24 heavy (non-hydrogen) atoms. The number of carbonyl (C=O) groups excluding carboxylic acids is 1. The Hall–Kier alpha value is -2.91. The molecule has 2 aromatic carbocycles. The van der Waals surface area contributed by atoms with Gasteiger partial charge in [0.15, 0.2) is 0 Å². The molecule has 0 aliphatic heterocycles. The van der Waals surface area contributed by atoms with Gasteiger partial charge in [0, 0.05) is 5.69 Å². The molecular formula is C15H14N2O6S. The lowest BCUT2D eigenvalue weighted by Crippen LogP contribution is -2.29. The van der Waals surface area contributed by atoms with Crippen LogP contribution in [0.5, 0.6) is 5.75 Å². The van der Waals surface area contributed by atoms with E-state index in [0.29, 0.717) is 11.4 Å². The number of hydrogen-bond acceptors (Lipinski definition) is 5. The molecule has 1 amide bonds. The summed E-state index contributed by atoms with van der Waals surface area (Å²) in [6.07, 6.45) is -0.721. The van der Waals surface area contributed by atoms with Crippen molar-refractivity contribution in [2.75, 3.05) is 11.9 Å². The summed E-state index contributed by atoms with van der Waals surface area (Å²) in [4.78, 5) is 22.0. The number of benzene rings is 2. The Balaban J connectivity index is 1.99. The zero-order valence-corrected chi connectivity index (χ0v) is 13.1. The van der Waals surface area contributed by atoms with Crippen molar-refractivity contribution in [3.63, 3.8) is 0 Å². The van der Waals surface area contributed by atoms with E-state index in [-0.39, 0.29) is 4.90 Å². The monoisotopic (exact) mass is 350 g/mol. The first-order chi connectivity index (χ1) is 11.4. The van der Waals surface area contributed by atoms with Crippen LogP contribution in [0.1, 0.15) is 0 Å². The van der Waals surface area contributed by atoms with Crippen molar-refractivity contribution >= 4 is 27.8 Å². The molecule has 3 N–H and O–H groups in total. The molecule has 0 radical (unpaired) electrons. The number of aliphatic carboxylic acids is 1. The molecule has 2 rings (SSSR count). The fraction of sp³-hybridized carbons (Fsp3) is 0.0667. The maximum Gasteiger partial charge on any atom is 0.417 e. The lowest BCUT2D eigenvalue weighted by molar-refractivity contribution is -0.135. The minimum absolute atomic E-state index is 0.120. The Bertz CT molecular complexity index is 819. The third kappa shape index (κ3) is 5.07. The SMILES string of the molecule is O=C(O)CNS(=O)(=O)c1ccc(NC(=O)Oc2ccccc2)cc1. The highest BCUT2D eigenvalue weighted by Gasteiger charge is 2.15. The molecule has 0 spiro atoms. The maximum atomic E-state index is 11.8. The van der Waals surface area contributed by atoms with Gasteiger partial charge in [-0.15, -0.1) is 0 Å². The van der Waals surface area contributed by atoms with Crippen LogP contribution >= 0.6 is 0 Å². The van der Waals surface area contributed by atoms with Crippen molar-refractivity contribution in [2.24, 2.45) is 0 Å². The Kier molecular flexibility index (Phi) is 5.51. The summed E-state index contributed by atoms with van der Waals surface area (Å²) in [5, 5.41) is 10.9. The van der Waals surface area contributed by atoms with E-state index in [0.717, 1.165) is 0 Å². The van der Waals surface area contributed by atoms with Crippen LogP contribution in [-0.4, -0.2) is 32.1 Å². The van der Waals surface area contributed by atoms with Gasteiger partial charge in [-0.3, -0.25) is 10.1 Å². The van der Waals surface area contributed by atoms with Gasteiger partial charge < -0.3 is 9.84 Å². The van der Waals surface area contributed by atoms with Crippen molar-refractivity contribution in [2.45, 2.75) is 4.90 Å². The third-order valence-electron chi connectivity index (χ3n) is 2.78. The molecule has 0 aromatic heterocycles. The van der Waals surface area contributed by atoms with Gasteiger partial charge in [-0.05, 0) is 36.4 Å². The second-order valence-electron chi connectivity index (χ2n) is 4.57. The fourth-order valence-electron chi connectivity index (χ4n) is 1.70. The molecule has 0 atom stereocenters. The van der Waals surface area contributed by atoms with E-state index in [1.807, 2.05) is 4.72 Å². The summed E-state index contributed by atoms with van der Waals surface area (Å²) < 4.78 is 30.6. The van der Waals surface area contributed by atoms with E-state index in [1.54, 1.807) is 30.3 Å². The number of para-hydroxylation sites is 1. The van der Waals surface area contributed by atoms with Crippen LogP contribution in [0.3, 0.4) is 0 Å². The lowest BCUT2D eigenvalue weighted by atomic mass is 10.3. The Morgan fingerprint density at radius 1 is 1.00 bits per heavy atom. The summed E-state index contributed by atoms with van der Waals surface area (Å²) >= 11 is 0. The van der Waals surface area contributed by atoms with Gasteiger partial charge in [0.05, 0.1) is 4.90 Å². The zero-order chi connectivity index (χ0) is 17.6. The molecule has 2 aromatic rings. The molecule has 0 aliphatic carbocycles. The third-order valence-corrected chi connectivity index (χ3v) is 4.20. The van der Waals surface area contributed by atoms with Crippen LogP contribution in [0.15, 0.2) is 59.5 Å². The van der Waals surface area contributed by atoms with Gasteiger partial charge in [0.25, 0.3) is 0 Å². The molecule has 0 bridgehead atoms. The topological polar surface area (TPSA) is 122 Å². The number of rotatable bonds is 6. The highest BCUT2D eigenvalue weighted by Crippen LogP contribution is 2.15. The van der Waals surface area contributed by atoms with Crippen molar-refractivity contribution in [3.05, 3.63) is 54.6 Å². The van der Waals surface area contributed by atoms with Crippen LogP contribution in [0.2, 0.25) is 0 Å². The van der Waals surface area contributed by atoms with Crippen LogP contribution in [-0.2, 0) is 14.8 Å². The van der Waals surface area contributed by atoms with Gasteiger partial charge in [0.1, 0.15) is 12.3 Å². The molecule has 126 valence electrons. The molecule has 0 saturated heterocycles. The van der Waals surface area contributed by atoms with Crippen molar-refractivity contribution < 1.29 is 27.9 Å². The largest absolute Gasteiger partial charge is 0.480 e. The first-order valence-electron chi connectivity index (χ1n) is 6.72. The maximum absolute atomic E-state index is 11.8. The molecule has 8 nitrogen and oxygen atoms in total. The minimum atomic E-state index is -3.92. The average molecular weight is 350 g/mol. The highest BCUT2D eigenvalue weighted by molar-refractivity contribution is 7.89. The second-order valence-corrected chi connectivity index (χ2v) is 6.34. The Morgan fingerprint density at radius 3 is 2.21 bits per heavy atom. The van der Waals surface area contributed by atoms with E-state index in [2.05, 4.69) is 5.32 Å². The summed E-state index contributed by atoms with van der Waals surface area (Å²) in [5.74, 6) is -0.924. The number of ether oxygens (including phenoxy) is 1. The Morgan fingerprint density at radius 2 is 1.62 bits per heavy atom. The quantitative estimate of drug-likeness (QED) is 0.728. The number of carbonyl (C=O) groups is 2. The fourth-order valence-corrected chi connectivity index (χ4v) is 2.67. The lowest BCUT2D eigenvalue weighted by Gasteiger charge is -2.08. The minimum Gasteiger partial charge on any atom is -0.480 e. The molecular weight excluding hydrogens is 336 g/mol. The standard InChI is InChI=1S/C15H14N2O6S/c18-14(19)10-16-24(21,22)13-8-6-11(7-9-13)17-15(20)23-12-4-2-1-3-5-12/h1-9,16H,10H2,(H,17,20)(H,18,19). The average Bonchev–Trinajstić information content (AvgIpc) is 2.54. The van der Waals surface area contributed by atoms with Gasteiger partial charge in [-0.2, -0.15) is 4.72 Å². The zero-order valence-electron chi connectivity index (χ0n) is 12.3. The van der Waals surface area contributed by atoms with Crippen LogP contribution in [0.4, 0.5) is 10.5 Å². The van der Waals surface area contributed by atoms with Gasteiger partial charge in [0.2, 0.25) is 10.0 Å². The number of carboxylic acid groups (broad SMARTS) is 1. The molecule has 0 saturated carbocycles. The van der Waals surface area contributed by atoms with Crippen molar-refractivity contribution in [1.82, 2.24) is 4.72 Å². The molecule has 0 aliphatic rings. The normalized spacial score (nSPS) is 10.8. The van der Waals surface area contributed by atoms with Gasteiger partial charge >= 0.3 is 12.1 Å². The molecule has 9 heteroatoms. The number of anilines is 1. The number of amides is 1. The summed E-state index contributed by atoms with van der Waals surface area (Å²) in [6, 6.07) is 13.6. The van der Waals surface area contributed by atoms with E-state index in [4.69, 9.17) is 9.84 Å². The van der Waals surface area contributed by atoms with Crippen LogP contribution < -0.4 is 14.8 Å². The predicted molar refractivity (Wildman–Crippen MR) is 85.4 cm³/mol. The molecule has 0 fully saturated rings. The number of nitrogens with one attached hydrogen (secondary N) is 2. The van der Waals surface area contributed by atoms with E-state index >= 15 is 0 Å². The number of sulfonamides is 1.